The molecule has 124 valence electrons. The summed E-state index contributed by atoms with van der Waals surface area (Å²) in [5.74, 6) is -0.646. The van der Waals surface area contributed by atoms with E-state index >= 15 is 0 Å². The molecule has 1 unspecified atom stereocenters. The van der Waals surface area contributed by atoms with Crippen molar-refractivity contribution in [2.75, 3.05) is 18.1 Å². The van der Waals surface area contributed by atoms with E-state index in [0.717, 1.165) is 0 Å². The number of esters is 1. The standard InChI is InChI=1S/C12H19F3O5S/c1-2-11(16)20-10(8-19-12(13,14)15)7-9-3-5-21(17,18)6-4-9/h9-10H,2-8H2,1H3. The Bertz CT molecular complexity index is 432. The molecular weight excluding hydrogens is 313 g/mol. The first kappa shape index (κ1) is 18.2. The molecule has 0 spiro atoms. The fourth-order valence-electron chi connectivity index (χ4n) is 2.15. The van der Waals surface area contributed by atoms with Crippen LogP contribution in [-0.4, -0.2) is 45.0 Å². The fraction of sp³-hybridized carbons (Fsp3) is 0.917. The minimum Gasteiger partial charge on any atom is -0.460 e. The second-order valence-corrected chi connectivity index (χ2v) is 7.36. The van der Waals surface area contributed by atoms with E-state index in [1.165, 1.54) is 6.92 Å². The maximum atomic E-state index is 12.1. The first-order valence-electron chi connectivity index (χ1n) is 6.72. The molecule has 1 atom stereocenters. The van der Waals surface area contributed by atoms with Gasteiger partial charge in [0.1, 0.15) is 15.9 Å². The van der Waals surface area contributed by atoms with Crippen molar-refractivity contribution in [1.29, 1.82) is 0 Å². The Morgan fingerprint density at radius 1 is 1.29 bits per heavy atom. The van der Waals surface area contributed by atoms with Crippen LogP contribution in [0.3, 0.4) is 0 Å². The molecule has 0 aromatic rings. The highest BCUT2D eigenvalue weighted by Crippen LogP contribution is 2.26. The van der Waals surface area contributed by atoms with Gasteiger partial charge in [0, 0.05) is 6.42 Å². The van der Waals surface area contributed by atoms with Crippen molar-refractivity contribution in [3.05, 3.63) is 0 Å². The zero-order chi connectivity index (χ0) is 16.1. The van der Waals surface area contributed by atoms with Crippen LogP contribution in [0, 0.1) is 5.92 Å². The molecule has 5 nitrogen and oxygen atoms in total. The van der Waals surface area contributed by atoms with Crippen molar-refractivity contribution >= 4 is 15.8 Å². The SMILES string of the molecule is CCC(=O)OC(COC(F)(F)F)CC1CCS(=O)(=O)CC1. The minimum atomic E-state index is -4.78. The van der Waals surface area contributed by atoms with Crippen molar-refractivity contribution in [3.63, 3.8) is 0 Å². The molecule has 0 aromatic heterocycles. The first-order valence-corrected chi connectivity index (χ1v) is 8.54. The van der Waals surface area contributed by atoms with Crippen molar-refractivity contribution in [3.8, 4) is 0 Å². The van der Waals surface area contributed by atoms with Crippen LogP contribution in [0.25, 0.3) is 0 Å². The Labute approximate surface area is 121 Å². The number of hydrogen-bond donors (Lipinski definition) is 0. The fourth-order valence-corrected chi connectivity index (χ4v) is 3.74. The Morgan fingerprint density at radius 2 is 1.86 bits per heavy atom. The van der Waals surface area contributed by atoms with Crippen molar-refractivity contribution in [2.24, 2.45) is 5.92 Å². The van der Waals surface area contributed by atoms with E-state index in [-0.39, 0.29) is 30.3 Å². The van der Waals surface area contributed by atoms with E-state index in [1.54, 1.807) is 0 Å². The number of sulfone groups is 1. The monoisotopic (exact) mass is 332 g/mol. The molecule has 1 aliphatic heterocycles. The highest BCUT2D eigenvalue weighted by atomic mass is 32.2. The molecule has 0 amide bonds. The van der Waals surface area contributed by atoms with Gasteiger partial charge in [-0.1, -0.05) is 6.92 Å². The molecule has 21 heavy (non-hydrogen) atoms. The van der Waals surface area contributed by atoms with Gasteiger partial charge >= 0.3 is 12.3 Å². The van der Waals surface area contributed by atoms with Gasteiger partial charge in [0.15, 0.2) is 0 Å². The summed E-state index contributed by atoms with van der Waals surface area (Å²) >= 11 is 0. The van der Waals surface area contributed by atoms with E-state index in [4.69, 9.17) is 4.74 Å². The number of hydrogen-bond acceptors (Lipinski definition) is 5. The van der Waals surface area contributed by atoms with Crippen molar-refractivity contribution in [1.82, 2.24) is 0 Å². The van der Waals surface area contributed by atoms with Gasteiger partial charge < -0.3 is 4.74 Å². The summed E-state index contributed by atoms with van der Waals surface area (Å²) in [5.41, 5.74) is 0. The Morgan fingerprint density at radius 3 is 2.33 bits per heavy atom. The quantitative estimate of drug-likeness (QED) is 0.696. The van der Waals surface area contributed by atoms with E-state index in [1.807, 2.05) is 0 Å². The van der Waals surface area contributed by atoms with Gasteiger partial charge in [0.2, 0.25) is 0 Å². The van der Waals surface area contributed by atoms with Crippen LogP contribution in [-0.2, 0) is 24.1 Å². The molecule has 1 heterocycles. The maximum Gasteiger partial charge on any atom is 0.522 e. The van der Waals surface area contributed by atoms with E-state index in [0.29, 0.717) is 12.8 Å². The van der Waals surface area contributed by atoms with Gasteiger partial charge in [-0.05, 0) is 25.2 Å². The number of alkyl halides is 3. The van der Waals surface area contributed by atoms with Gasteiger partial charge in [0.25, 0.3) is 0 Å². The Hall–Kier alpha value is -0.830. The second-order valence-electron chi connectivity index (χ2n) is 5.05. The van der Waals surface area contributed by atoms with Crippen molar-refractivity contribution in [2.45, 2.75) is 45.1 Å². The first-order chi connectivity index (χ1) is 9.61. The predicted molar refractivity (Wildman–Crippen MR) is 68.2 cm³/mol. The van der Waals surface area contributed by atoms with Crippen LogP contribution in [0.4, 0.5) is 13.2 Å². The maximum absolute atomic E-state index is 12.1. The lowest BCUT2D eigenvalue weighted by atomic mass is 9.96. The zero-order valence-corrected chi connectivity index (χ0v) is 12.5. The van der Waals surface area contributed by atoms with Crippen LogP contribution in [0.5, 0.6) is 0 Å². The van der Waals surface area contributed by atoms with Crippen LogP contribution < -0.4 is 0 Å². The largest absolute Gasteiger partial charge is 0.522 e. The molecule has 1 saturated heterocycles. The third-order valence-electron chi connectivity index (χ3n) is 3.29. The van der Waals surface area contributed by atoms with Gasteiger partial charge in [-0.3, -0.25) is 9.53 Å². The molecule has 1 fully saturated rings. The van der Waals surface area contributed by atoms with Gasteiger partial charge in [0.05, 0.1) is 18.1 Å². The predicted octanol–water partition coefficient (Wildman–Crippen LogP) is 2.06. The smallest absolute Gasteiger partial charge is 0.460 e. The Balaban J connectivity index is 2.54. The van der Waals surface area contributed by atoms with Crippen molar-refractivity contribution < 1.29 is 35.9 Å². The van der Waals surface area contributed by atoms with Crippen LogP contribution in [0.15, 0.2) is 0 Å². The molecule has 0 saturated carbocycles. The summed E-state index contributed by atoms with van der Waals surface area (Å²) in [6, 6.07) is 0. The van der Waals surface area contributed by atoms with Crippen LogP contribution >= 0.6 is 0 Å². The molecule has 0 bridgehead atoms. The third-order valence-corrected chi connectivity index (χ3v) is 5.01. The van der Waals surface area contributed by atoms with Gasteiger partial charge in [-0.2, -0.15) is 0 Å². The number of carbonyl (C=O) groups is 1. The lowest BCUT2D eigenvalue weighted by Crippen LogP contribution is -2.32. The van der Waals surface area contributed by atoms with Crippen LogP contribution in [0.2, 0.25) is 0 Å². The highest BCUT2D eigenvalue weighted by Gasteiger charge is 2.33. The third kappa shape index (κ3) is 7.66. The van der Waals surface area contributed by atoms with Gasteiger partial charge in [-0.15, -0.1) is 13.2 Å². The summed E-state index contributed by atoms with van der Waals surface area (Å²) in [7, 11) is -3.03. The summed E-state index contributed by atoms with van der Waals surface area (Å²) in [5, 5.41) is 0. The number of rotatable bonds is 6. The molecule has 0 aliphatic carbocycles. The number of ether oxygens (including phenoxy) is 2. The van der Waals surface area contributed by atoms with E-state index in [2.05, 4.69) is 4.74 Å². The summed E-state index contributed by atoms with van der Waals surface area (Å²) in [4.78, 5) is 11.2. The average molecular weight is 332 g/mol. The normalized spacial score (nSPS) is 21.0. The van der Waals surface area contributed by atoms with Gasteiger partial charge in [-0.25, -0.2) is 8.42 Å². The Kier molecular flexibility index (Phi) is 6.45. The molecular formula is C12H19F3O5S. The summed E-state index contributed by atoms with van der Waals surface area (Å²) in [6.07, 6.45) is -4.82. The second kappa shape index (κ2) is 7.44. The molecule has 9 heteroatoms. The highest BCUT2D eigenvalue weighted by molar-refractivity contribution is 7.91. The minimum absolute atomic E-state index is 0.0201. The molecule has 0 aromatic carbocycles. The van der Waals surface area contributed by atoms with Crippen LogP contribution in [0.1, 0.15) is 32.6 Å². The lowest BCUT2D eigenvalue weighted by molar-refractivity contribution is -0.331. The number of halogens is 3. The topological polar surface area (TPSA) is 69.7 Å². The molecule has 0 N–H and O–H groups in total. The average Bonchev–Trinajstić information content (AvgIpc) is 2.37. The lowest BCUT2D eigenvalue weighted by Gasteiger charge is -2.26. The summed E-state index contributed by atoms with van der Waals surface area (Å²) in [6.45, 7) is 0.773. The zero-order valence-electron chi connectivity index (χ0n) is 11.7. The molecule has 1 rings (SSSR count). The van der Waals surface area contributed by atoms with E-state index < -0.39 is 34.9 Å². The van der Waals surface area contributed by atoms with E-state index in [9.17, 15) is 26.4 Å². The molecule has 0 radical (unpaired) electrons. The number of carbonyl (C=O) groups excluding carboxylic acids is 1. The molecule has 1 aliphatic rings. The summed E-state index contributed by atoms with van der Waals surface area (Å²) < 4.78 is 67.5.